The van der Waals surface area contributed by atoms with E-state index in [9.17, 15) is 14.0 Å². The fourth-order valence-corrected chi connectivity index (χ4v) is 3.87. The first kappa shape index (κ1) is 18.6. The molecule has 1 aromatic heterocycles. The summed E-state index contributed by atoms with van der Waals surface area (Å²) in [5, 5.41) is 10.3. The monoisotopic (exact) mass is 400 g/mol. The molecule has 0 bridgehead atoms. The van der Waals surface area contributed by atoms with Crippen molar-refractivity contribution in [1.29, 1.82) is 0 Å². The van der Waals surface area contributed by atoms with Gasteiger partial charge in [-0.05, 0) is 30.9 Å². The van der Waals surface area contributed by atoms with Crippen molar-refractivity contribution in [3.63, 3.8) is 0 Å². The number of H-pyrrole nitrogens is 1. The number of carbonyl (C=O) groups is 2. The van der Waals surface area contributed by atoms with Crippen molar-refractivity contribution in [2.45, 2.75) is 25.7 Å². The highest BCUT2D eigenvalue weighted by Crippen LogP contribution is 2.37. The van der Waals surface area contributed by atoms with Crippen molar-refractivity contribution < 1.29 is 14.0 Å². The number of rotatable bonds is 5. The molecule has 1 aromatic carbocycles. The molecule has 2 aromatic rings. The van der Waals surface area contributed by atoms with Crippen LogP contribution >= 0.6 is 11.6 Å². The average molecular weight is 401 g/mol. The third-order valence-corrected chi connectivity index (χ3v) is 5.52. The van der Waals surface area contributed by atoms with Crippen molar-refractivity contribution in [2.24, 2.45) is 16.1 Å². The van der Waals surface area contributed by atoms with Crippen LogP contribution < -0.4 is 5.32 Å². The smallest absolute Gasteiger partial charge is 0.298 e. The Kier molecular flexibility index (Phi) is 5.09. The quantitative estimate of drug-likeness (QED) is 0.769. The van der Waals surface area contributed by atoms with E-state index in [2.05, 4.69) is 20.5 Å². The van der Waals surface area contributed by atoms with Crippen LogP contribution in [0.15, 0.2) is 40.7 Å². The van der Waals surface area contributed by atoms with E-state index >= 15 is 0 Å². The first-order valence-corrected chi connectivity index (χ1v) is 9.54. The van der Waals surface area contributed by atoms with Crippen LogP contribution in [-0.2, 0) is 4.79 Å². The molecule has 0 unspecified atom stereocenters. The van der Waals surface area contributed by atoms with Crippen LogP contribution in [0.4, 0.5) is 4.39 Å². The lowest BCUT2D eigenvalue weighted by Gasteiger charge is -2.09. The fraction of sp³-hybridized carbons (Fsp3) is 0.300. The third-order valence-electron chi connectivity index (χ3n) is 5.14. The number of hydrogen-bond acceptors (Lipinski definition) is 3. The minimum atomic E-state index is -0.633. The maximum atomic E-state index is 13.8. The maximum Gasteiger partial charge on any atom is 0.298 e. The number of amides is 2. The molecule has 6 nitrogen and oxygen atoms in total. The summed E-state index contributed by atoms with van der Waals surface area (Å²) in [6.07, 6.45) is 6.29. The molecule has 0 saturated heterocycles. The van der Waals surface area contributed by atoms with E-state index in [1.165, 1.54) is 31.0 Å². The zero-order valence-electron chi connectivity index (χ0n) is 15.0. The summed E-state index contributed by atoms with van der Waals surface area (Å²) in [5.41, 5.74) is 1.46. The molecule has 1 aliphatic heterocycles. The lowest BCUT2D eigenvalue weighted by molar-refractivity contribution is -0.112. The third kappa shape index (κ3) is 3.49. The number of aromatic amines is 1. The summed E-state index contributed by atoms with van der Waals surface area (Å²) < 4.78 is 13.8. The van der Waals surface area contributed by atoms with Gasteiger partial charge in [-0.3, -0.25) is 9.59 Å². The van der Waals surface area contributed by atoms with Gasteiger partial charge in [0.15, 0.2) is 0 Å². The van der Waals surface area contributed by atoms with Gasteiger partial charge in [-0.15, -0.1) is 10.2 Å². The summed E-state index contributed by atoms with van der Waals surface area (Å²) in [6, 6.07) is 5.82. The summed E-state index contributed by atoms with van der Waals surface area (Å²) in [6.45, 7) is 0.651. The van der Waals surface area contributed by atoms with E-state index in [0.717, 1.165) is 12.8 Å². The molecule has 2 heterocycles. The van der Waals surface area contributed by atoms with E-state index in [1.54, 1.807) is 12.3 Å². The number of halogens is 2. The van der Waals surface area contributed by atoms with Crippen molar-refractivity contribution in [3.8, 4) is 0 Å². The topological polar surface area (TPSA) is 86.7 Å². The van der Waals surface area contributed by atoms with E-state index in [1.807, 2.05) is 0 Å². The van der Waals surface area contributed by atoms with Gasteiger partial charge in [0.05, 0.1) is 10.6 Å². The lowest BCUT2D eigenvalue weighted by Crippen LogP contribution is -2.28. The van der Waals surface area contributed by atoms with Crippen molar-refractivity contribution >= 4 is 34.7 Å². The van der Waals surface area contributed by atoms with Crippen LogP contribution in [0.2, 0.25) is 5.02 Å². The normalized spacial score (nSPS) is 17.0. The van der Waals surface area contributed by atoms with Crippen LogP contribution in [0.25, 0.3) is 11.3 Å². The van der Waals surface area contributed by atoms with Crippen LogP contribution in [-0.4, -0.2) is 23.3 Å². The van der Waals surface area contributed by atoms with Crippen LogP contribution in [0.3, 0.4) is 0 Å². The lowest BCUT2D eigenvalue weighted by atomic mass is 10.0. The summed E-state index contributed by atoms with van der Waals surface area (Å²) in [5.74, 6) is -0.919. The maximum absolute atomic E-state index is 13.8. The fourth-order valence-electron chi connectivity index (χ4n) is 3.65. The number of azo groups is 1. The Balaban J connectivity index is 1.60. The highest BCUT2D eigenvalue weighted by Gasteiger charge is 2.28. The predicted molar refractivity (Wildman–Crippen MR) is 103 cm³/mol. The van der Waals surface area contributed by atoms with Gasteiger partial charge in [0.1, 0.15) is 17.2 Å². The number of aromatic nitrogens is 1. The second-order valence-electron chi connectivity index (χ2n) is 6.99. The number of carbonyl (C=O) groups excluding carboxylic acids is 2. The molecule has 144 valence electrons. The first-order chi connectivity index (χ1) is 13.5. The van der Waals surface area contributed by atoms with Gasteiger partial charge in [0.25, 0.3) is 11.8 Å². The second-order valence-corrected chi connectivity index (χ2v) is 7.37. The number of hydrogen-bond donors (Lipinski definition) is 2. The van der Waals surface area contributed by atoms with Gasteiger partial charge < -0.3 is 10.3 Å². The van der Waals surface area contributed by atoms with Crippen LogP contribution in [0.5, 0.6) is 0 Å². The number of nitrogens with zero attached hydrogens (tertiary/aromatic N) is 2. The highest BCUT2D eigenvalue weighted by atomic mass is 35.5. The van der Waals surface area contributed by atoms with Crippen molar-refractivity contribution in [3.05, 3.63) is 58.1 Å². The van der Waals surface area contributed by atoms with Gasteiger partial charge >= 0.3 is 0 Å². The summed E-state index contributed by atoms with van der Waals surface area (Å²) >= 11 is 6.03. The molecule has 2 N–H and O–H groups in total. The molecule has 28 heavy (non-hydrogen) atoms. The predicted octanol–water partition coefficient (Wildman–Crippen LogP) is 4.59. The number of nitrogens with one attached hydrogen (secondary N) is 2. The molecule has 2 amide bonds. The molecular formula is C20H18ClFN4O2. The van der Waals surface area contributed by atoms with E-state index in [0.29, 0.717) is 23.7 Å². The summed E-state index contributed by atoms with van der Waals surface area (Å²) in [7, 11) is 0. The summed E-state index contributed by atoms with van der Waals surface area (Å²) in [4.78, 5) is 27.5. The Labute approximate surface area is 165 Å². The van der Waals surface area contributed by atoms with E-state index in [4.69, 9.17) is 11.6 Å². The zero-order chi connectivity index (χ0) is 19.7. The second kappa shape index (κ2) is 7.67. The van der Waals surface area contributed by atoms with Gasteiger partial charge in [-0.1, -0.05) is 36.6 Å². The SMILES string of the molecule is O=C1N=NC(c2c[nH]c(C(=O)NCC3CCCC3)c2)=C1c1cccc(F)c1Cl. The highest BCUT2D eigenvalue weighted by molar-refractivity contribution is 6.37. The molecule has 8 heteroatoms. The Bertz CT molecular complexity index is 1010. The van der Waals surface area contributed by atoms with Gasteiger partial charge in [-0.2, -0.15) is 0 Å². The van der Waals surface area contributed by atoms with Crippen LogP contribution in [0, 0.1) is 11.7 Å². The Morgan fingerprint density at radius 2 is 2.07 bits per heavy atom. The minimum Gasteiger partial charge on any atom is -0.357 e. The van der Waals surface area contributed by atoms with Gasteiger partial charge in [0.2, 0.25) is 0 Å². The van der Waals surface area contributed by atoms with Gasteiger partial charge in [0, 0.05) is 23.9 Å². The average Bonchev–Trinajstić information content (AvgIpc) is 3.43. The Morgan fingerprint density at radius 1 is 1.29 bits per heavy atom. The van der Waals surface area contributed by atoms with Crippen molar-refractivity contribution in [2.75, 3.05) is 6.54 Å². The minimum absolute atomic E-state index is 0.112. The largest absolute Gasteiger partial charge is 0.357 e. The Hall–Kier alpha value is -2.80. The number of benzene rings is 1. The molecule has 1 aliphatic carbocycles. The zero-order valence-corrected chi connectivity index (χ0v) is 15.7. The van der Waals surface area contributed by atoms with E-state index < -0.39 is 11.7 Å². The molecule has 1 fully saturated rings. The van der Waals surface area contributed by atoms with Crippen LogP contribution in [0.1, 0.15) is 47.3 Å². The van der Waals surface area contributed by atoms with Crippen molar-refractivity contribution in [1.82, 2.24) is 10.3 Å². The Morgan fingerprint density at radius 3 is 2.86 bits per heavy atom. The molecule has 4 rings (SSSR count). The molecule has 2 aliphatic rings. The molecular weight excluding hydrogens is 383 g/mol. The molecule has 0 atom stereocenters. The standard InChI is InChI=1S/C20H18ClFN4O2/c21-17-13(6-3-7-14(17)22)16-18(25-26-20(16)28)12-8-15(23-10-12)19(27)24-9-11-4-1-2-5-11/h3,6-8,10-11,23H,1-2,4-5,9H2,(H,24,27). The molecule has 1 saturated carbocycles. The van der Waals surface area contributed by atoms with E-state index in [-0.39, 0.29) is 27.8 Å². The first-order valence-electron chi connectivity index (χ1n) is 9.16. The molecule has 0 radical (unpaired) electrons. The van der Waals surface area contributed by atoms with Gasteiger partial charge in [-0.25, -0.2) is 4.39 Å². The molecule has 0 spiro atoms.